The highest BCUT2D eigenvalue weighted by Crippen LogP contribution is 2.25. The quantitative estimate of drug-likeness (QED) is 0.882. The van der Waals surface area contributed by atoms with Crippen LogP contribution in [0.25, 0.3) is 11.3 Å². The molecule has 0 saturated heterocycles. The Balaban J connectivity index is 2.42. The maximum absolute atomic E-state index is 10.8. The molecular formula is C13H13NO3. The van der Waals surface area contributed by atoms with Crippen molar-refractivity contribution >= 4 is 5.97 Å². The number of hydrogen-bond acceptors (Lipinski definition) is 3. The predicted octanol–water partition coefficient (Wildman–Crippen LogP) is 2.91. The zero-order chi connectivity index (χ0) is 12.4. The van der Waals surface area contributed by atoms with Crippen LogP contribution in [0.3, 0.4) is 0 Å². The second kappa shape index (κ2) is 4.41. The molecule has 4 nitrogen and oxygen atoms in total. The molecule has 0 spiro atoms. The monoisotopic (exact) mass is 231 g/mol. The predicted molar refractivity (Wildman–Crippen MR) is 63.0 cm³/mol. The van der Waals surface area contributed by atoms with Crippen molar-refractivity contribution in [1.29, 1.82) is 0 Å². The van der Waals surface area contributed by atoms with Crippen LogP contribution in [0.2, 0.25) is 0 Å². The molecular weight excluding hydrogens is 218 g/mol. The average molecular weight is 231 g/mol. The van der Waals surface area contributed by atoms with Crippen LogP contribution in [0.1, 0.15) is 28.5 Å². The molecule has 0 atom stereocenters. The first-order chi connectivity index (χ1) is 8.13. The van der Waals surface area contributed by atoms with Gasteiger partial charge in [-0.05, 0) is 18.9 Å². The fraction of sp³-hybridized carbons (Fsp3) is 0.231. The van der Waals surface area contributed by atoms with Crippen LogP contribution in [-0.4, -0.2) is 16.2 Å². The Morgan fingerprint density at radius 1 is 1.35 bits per heavy atom. The van der Waals surface area contributed by atoms with Crippen LogP contribution < -0.4 is 0 Å². The SMILES string of the molecule is CCc1ccc(-c2onc(C(=O)O)c2C)cc1. The molecule has 4 heteroatoms. The smallest absolute Gasteiger partial charge is 0.358 e. The third-order valence-electron chi connectivity index (χ3n) is 2.75. The highest BCUT2D eigenvalue weighted by atomic mass is 16.5. The molecule has 1 N–H and O–H groups in total. The van der Waals surface area contributed by atoms with E-state index < -0.39 is 5.97 Å². The second-order valence-corrected chi connectivity index (χ2v) is 3.84. The first kappa shape index (κ1) is 11.4. The van der Waals surface area contributed by atoms with Gasteiger partial charge in [0.25, 0.3) is 0 Å². The van der Waals surface area contributed by atoms with E-state index >= 15 is 0 Å². The number of carboxylic acids is 1. The Hall–Kier alpha value is -2.10. The minimum atomic E-state index is -1.07. The molecule has 0 bridgehead atoms. The van der Waals surface area contributed by atoms with Gasteiger partial charge in [0.2, 0.25) is 0 Å². The van der Waals surface area contributed by atoms with E-state index in [0.717, 1.165) is 12.0 Å². The lowest BCUT2D eigenvalue weighted by atomic mass is 10.1. The minimum absolute atomic E-state index is 0.0282. The number of benzene rings is 1. The number of aromatic nitrogens is 1. The first-order valence-corrected chi connectivity index (χ1v) is 5.42. The standard InChI is InChI=1S/C13H13NO3/c1-3-9-4-6-10(7-5-9)12-8(2)11(13(15)16)14-17-12/h4-7H,3H2,1-2H3,(H,15,16). The molecule has 2 aromatic rings. The van der Waals surface area contributed by atoms with Crippen molar-refractivity contribution in [2.24, 2.45) is 0 Å². The first-order valence-electron chi connectivity index (χ1n) is 5.42. The van der Waals surface area contributed by atoms with Crippen molar-refractivity contribution in [3.8, 4) is 11.3 Å². The van der Waals surface area contributed by atoms with E-state index in [0.29, 0.717) is 11.3 Å². The molecule has 0 aliphatic rings. The second-order valence-electron chi connectivity index (χ2n) is 3.84. The molecule has 1 heterocycles. The lowest BCUT2D eigenvalue weighted by Gasteiger charge is -1.99. The molecule has 0 fully saturated rings. The number of carboxylic acid groups (broad SMARTS) is 1. The van der Waals surface area contributed by atoms with Gasteiger partial charge in [-0.3, -0.25) is 0 Å². The van der Waals surface area contributed by atoms with Crippen molar-refractivity contribution in [2.45, 2.75) is 20.3 Å². The molecule has 0 amide bonds. The number of rotatable bonds is 3. The molecule has 0 unspecified atom stereocenters. The zero-order valence-electron chi connectivity index (χ0n) is 9.73. The summed E-state index contributed by atoms with van der Waals surface area (Å²) >= 11 is 0. The van der Waals surface area contributed by atoms with Crippen molar-refractivity contribution in [3.63, 3.8) is 0 Å². The Bertz CT molecular complexity index is 540. The van der Waals surface area contributed by atoms with E-state index in [1.165, 1.54) is 5.56 Å². The van der Waals surface area contributed by atoms with Gasteiger partial charge < -0.3 is 9.63 Å². The van der Waals surface area contributed by atoms with Gasteiger partial charge in [0.15, 0.2) is 11.5 Å². The van der Waals surface area contributed by atoms with Crippen molar-refractivity contribution < 1.29 is 14.4 Å². The van der Waals surface area contributed by atoms with Gasteiger partial charge in [0.05, 0.1) is 0 Å². The minimum Gasteiger partial charge on any atom is -0.476 e. The number of aromatic carboxylic acids is 1. The van der Waals surface area contributed by atoms with Crippen molar-refractivity contribution in [1.82, 2.24) is 5.16 Å². The molecule has 1 aromatic carbocycles. The summed E-state index contributed by atoms with van der Waals surface area (Å²) in [6.07, 6.45) is 0.968. The van der Waals surface area contributed by atoms with Gasteiger partial charge in [-0.25, -0.2) is 4.79 Å². The molecule has 1 aromatic heterocycles. The summed E-state index contributed by atoms with van der Waals surface area (Å²) in [7, 11) is 0. The van der Waals surface area contributed by atoms with Gasteiger partial charge in [-0.1, -0.05) is 36.3 Å². The number of hydrogen-bond donors (Lipinski definition) is 1. The van der Waals surface area contributed by atoms with Gasteiger partial charge >= 0.3 is 5.97 Å². The lowest BCUT2D eigenvalue weighted by Crippen LogP contribution is -1.98. The third kappa shape index (κ3) is 2.06. The van der Waals surface area contributed by atoms with Crippen LogP contribution in [0, 0.1) is 6.92 Å². The molecule has 17 heavy (non-hydrogen) atoms. The van der Waals surface area contributed by atoms with Gasteiger partial charge in [0.1, 0.15) is 0 Å². The van der Waals surface area contributed by atoms with Crippen LogP contribution in [-0.2, 0) is 6.42 Å². The molecule has 0 aliphatic heterocycles. The molecule has 0 saturated carbocycles. The highest BCUT2D eigenvalue weighted by molar-refractivity contribution is 5.88. The summed E-state index contributed by atoms with van der Waals surface area (Å²) in [4.78, 5) is 10.8. The van der Waals surface area contributed by atoms with E-state index in [-0.39, 0.29) is 5.69 Å². The zero-order valence-corrected chi connectivity index (χ0v) is 9.73. The van der Waals surface area contributed by atoms with Crippen LogP contribution >= 0.6 is 0 Å². The Morgan fingerprint density at radius 2 is 2.00 bits per heavy atom. The Morgan fingerprint density at radius 3 is 2.47 bits per heavy atom. The number of nitrogens with zero attached hydrogens (tertiary/aromatic N) is 1. The van der Waals surface area contributed by atoms with E-state index in [4.69, 9.17) is 9.63 Å². The average Bonchev–Trinajstić information content (AvgIpc) is 2.71. The normalized spacial score (nSPS) is 10.5. The van der Waals surface area contributed by atoms with Crippen LogP contribution in [0.5, 0.6) is 0 Å². The lowest BCUT2D eigenvalue weighted by molar-refractivity contribution is 0.0685. The molecule has 0 aliphatic carbocycles. The fourth-order valence-corrected chi connectivity index (χ4v) is 1.70. The van der Waals surface area contributed by atoms with Crippen LogP contribution in [0.4, 0.5) is 0 Å². The maximum atomic E-state index is 10.8. The molecule has 0 radical (unpaired) electrons. The molecule has 88 valence electrons. The van der Waals surface area contributed by atoms with Crippen molar-refractivity contribution in [3.05, 3.63) is 41.1 Å². The number of aryl methyl sites for hydroxylation is 1. The summed E-state index contributed by atoms with van der Waals surface area (Å²) in [5, 5.41) is 12.4. The summed E-state index contributed by atoms with van der Waals surface area (Å²) in [6, 6.07) is 7.82. The van der Waals surface area contributed by atoms with Crippen LogP contribution in [0.15, 0.2) is 28.8 Å². The van der Waals surface area contributed by atoms with E-state index in [1.54, 1.807) is 6.92 Å². The summed E-state index contributed by atoms with van der Waals surface area (Å²) < 4.78 is 5.09. The molecule has 2 rings (SSSR count). The summed E-state index contributed by atoms with van der Waals surface area (Å²) in [5.41, 5.74) is 2.60. The maximum Gasteiger partial charge on any atom is 0.358 e. The van der Waals surface area contributed by atoms with Gasteiger partial charge in [-0.15, -0.1) is 0 Å². The number of carbonyl (C=O) groups is 1. The van der Waals surface area contributed by atoms with Crippen molar-refractivity contribution in [2.75, 3.05) is 0 Å². The van der Waals surface area contributed by atoms with E-state index in [1.807, 2.05) is 24.3 Å². The Labute approximate surface area is 98.9 Å². The fourth-order valence-electron chi connectivity index (χ4n) is 1.70. The van der Waals surface area contributed by atoms with E-state index in [2.05, 4.69) is 12.1 Å². The summed E-state index contributed by atoms with van der Waals surface area (Å²) in [5.74, 6) is -0.548. The Kier molecular flexibility index (Phi) is 2.95. The third-order valence-corrected chi connectivity index (χ3v) is 2.75. The highest BCUT2D eigenvalue weighted by Gasteiger charge is 2.18. The summed E-state index contributed by atoms with van der Waals surface area (Å²) in [6.45, 7) is 3.78. The van der Waals surface area contributed by atoms with Gasteiger partial charge in [0, 0.05) is 11.1 Å². The largest absolute Gasteiger partial charge is 0.476 e. The topological polar surface area (TPSA) is 63.3 Å². The van der Waals surface area contributed by atoms with E-state index in [9.17, 15) is 4.79 Å². The van der Waals surface area contributed by atoms with Gasteiger partial charge in [-0.2, -0.15) is 0 Å².